The maximum absolute atomic E-state index is 10.8. The monoisotopic (exact) mass is 266 g/mol. The van der Waals surface area contributed by atoms with Gasteiger partial charge in [0.15, 0.2) is 6.29 Å². The molecule has 102 valence electrons. The zero-order valence-corrected chi connectivity index (χ0v) is 11.9. The number of benzene rings is 1. The molecule has 0 N–H and O–H groups in total. The summed E-state index contributed by atoms with van der Waals surface area (Å²) in [5, 5.41) is 0. The smallest absolute Gasteiger partial charge is 0.151 e. The lowest BCUT2D eigenvalue weighted by Gasteiger charge is -2.31. The van der Waals surface area contributed by atoms with Crippen molar-refractivity contribution in [3.8, 4) is 0 Å². The molecule has 0 saturated carbocycles. The molecule has 0 saturated heterocycles. The molecule has 0 atom stereocenters. The Morgan fingerprint density at radius 2 is 2.10 bits per heavy atom. The molecule has 3 heteroatoms. The van der Waals surface area contributed by atoms with Gasteiger partial charge in [0, 0.05) is 24.0 Å². The summed E-state index contributed by atoms with van der Waals surface area (Å²) in [5.41, 5.74) is 5.61. The van der Waals surface area contributed by atoms with Crippen LogP contribution in [0.4, 0.5) is 11.5 Å². The van der Waals surface area contributed by atoms with Crippen molar-refractivity contribution in [2.75, 3.05) is 11.4 Å². The third kappa shape index (κ3) is 2.20. The molecule has 1 aromatic carbocycles. The van der Waals surface area contributed by atoms with Crippen LogP contribution >= 0.6 is 0 Å². The number of aryl methyl sites for hydroxylation is 3. The first-order valence-corrected chi connectivity index (χ1v) is 6.98. The molecule has 0 aliphatic carbocycles. The second-order valence-corrected chi connectivity index (χ2v) is 5.41. The quantitative estimate of drug-likeness (QED) is 0.779. The Bertz CT molecular complexity index is 664. The van der Waals surface area contributed by atoms with Crippen LogP contribution in [0.3, 0.4) is 0 Å². The number of carbonyl (C=O) groups is 1. The number of pyridine rings is 1. The third-order valence-corrected chi connectivity index (χ3v) is 3.82. The minimum Gasteiger partial charge on any atom is -0.326 e. The van der Waals surface area contributed by atoms with E-state index >= 15 is 0 Å². The van der Waals surface area contributed by atoms with Crippen LogP contribution in [0.15, 0.2) is 30.5 Å². The van der Waals surface area contributed by atoms with Crippen molar-refractivity contribution in [3.63, 3.8) is 0 Å². The Morgan fingerprint density at radius 3 is 2.85 bits per heavy atom. The van der Waals surface area contributed by atoms with Crippen LogP contribution in [0.2, 0.25) is 0 Å². The predicted octanol–water partition coefficient (Wildman–Crippen LogP) is 3.60. The molecule has 2 aromatic rings. The number of carbonyl (C=O) groups excluding carboxylic acids is 1. The van der Waals surface area contributed by atoms with E-state index in [1.807, 2.05) is 13.0 Å². The minimum absolute atomic E-state index is 0.632. The van der Waals surface area contributed by atoms with E-state index in [0.717, 1.165) is 37.1 Å². The van der Waals surface area contributed by atoms with E-state index in [0.29, 0.717) is 5.56 Å². The fourth-order valence-electron chi connectivity index (χ4n) is 2.88. The van der Waals surface area contributed by atoms with Gasteiger partial charge in [-0.05, 0) is 49.9 Å². The van der Waals surface area contributed by atoms with Gasteiger partial charge in [0.2, 0.25) is 0 Å². The van der Waals surface area contributed by atoms with E-state index in [-0.39, 0.29) is 0 Å². The van der Waals surface area contributed by atoms with Crippen LogP contribution in [0.1, 0.15) is 33.5 Å². The van der Waals surface area contributed by atoms with Crippen molar-refractivity contribution in [2.24, 2.45) is 0 Å². The maximum atomic E-state index is 10.8. The van der Waals surface area contributed by atoms with Gasteiger partial charge in [-0.25, -0.2) is 4.98 Å². The number of nitrogens with zero attached hydrogens (tertiary/aromatic N) is 2. The van der Waals surface area contributed by atoms with Crippen LogP contribution in [-0.2, 0) is 6.42 Å². The number of aldehydes is 1. The summed E-state index contributed by atoms with van der Waals surface area (Å²) >= 11 is 0. The first-order valence-electron chi connectivity index (χ1n) is 6.98. The fourth-order valence-corrected chi connectivity index (χ4v) is 2.88. The molecule has 1 aliphatic rings. The second-order valence-electron chi connectivity index (χ2n) is 5.41. The molecule has 0 unspecified atom stereocenters. The molecule has 3 rings (SSSR count). The van der Waals surface area contributed by atoms with Crippen LogP contribution < -0.4 is 4.90 Å². The van der Waals surface area contributed by atoms with Crippen LogP contribution in [0, 0.1) is 13.8 Å². The van der Waals surface area contributed by atoms with Crippen molar-refractivity contribution in [1.82, 2.24) is 4.98 Å². The van der Waals surface area contributed by atoms with Crippen LogP contribution in [-0.4, -0.2) is 17.8 Å². The topological polar surface area (TPSA) is 33.2 Å². The van der Waals surface area contributed by atoms with E-state index in [1.165, 1.54) is 16.8 Å². The summed E-state index contributed by atoms with van der Waals surface area (Å²) < 4.78 is 0. The normalized spacial score (nSPS) is 14.0. The van der Waals surface area contributed by atoms with Crippen LogP contribution in [0.5, 0.6) is 0 Å². The van der Waals surface area contributed by atoms with E-state index < -0.39 is 0 Å². The second kappa shape index (κ2) is 5.08. The summed E-state index contributed by atoms with van der Waals surface area (Å²) in [6.07, 6.45) is 4.75. The van der Waals surface area contributed by atoms with Gasteiger partial charge in [0.25, 0.3) is 0 Å². The molecule has 0 spiro atoms. The molecule has 0 amide bonds. The molecule has 0 bridgehead atoms. The molecule has 20 heavy (non-hydrogen) atoms. The molecule has 1 aromatic heterocycles. The standard InChI is InChI=1S/C17H18N2O/c1-12-5-6-16-15(8-12)4-3-7-19(16)17-13(2)9-14(11-20)10-18-17/h5-6,8-11H,3-4,7H2,1-2H3. The van der Waals surface area contributed by atoms with Crippen LogP contribution in [0.25, 0.3) is 0 Å². The highest BCUT2D eigenvalue weighted by Crippen LogP contribution is 2.34. The fraction of sp³-hybridized carbons (Fsp3) is 0.294. The Balaban J connectivity index is 2.06. The lowest BCUT2D eigenvalue weighted by Crippen LogP contribution is -2.26. The molecule has 2 heterocycles. The zero-order valence-electron chi connectivity index (χ0n) is 11.9. The average Bonchev–Trinajstić information content (AvgIpc) is 2.46. The number of rotatable bonds is 2. The summed E-state index contributed by atoms with van der Waals surface area (Å²) in [7, 11) is 0. The van der Waals surface area contributed by atoms with E-state index in [2.05, 4.69) is 35.0 Å². The third-order valence-electron chi connectivity index (χ3n) is 3.82. The Kier molecular flexibility index (Phi) is 3.26. The van der Waals surface area contributed by atoms with Gasteiger partial charge in [-0.1, -0.05) is 17.7 Å². The largest absolute Gasteiger partial charge is 0.326 e. The minimum atomic E-state index is 0.632. The lowest BCUT2D eigenvalue weighted by molar-refractivity contribution is 0.112. The average molecular weight is 266 g/mol. The molecule has 0 fully saturated rings. The number of anilines is 2. The first kappa shape index (κ1) is 12.9. The summed E-state index contributed by atoms with van der Waals surface area (Å²) in [5.74, 6) is 0.959. The predicted molar refractivity (Wildman–Crippen MR) is 80.9 cm³/mol. The summed E-state index contributed by atoms with van der Waals surface area (Å²) in [4.78, 5) is 17.6. The Labute approximate surface area is 119 Å². The number of hydrogen-bond acceptors (Lipinski definition) is 3. The van der Waals surface area contributed by atoms with E-state index in [1.54, 1.807) is 6.20 Å². The van der Waals surface area contributed by atoms with Crippen molar-refractivity contribution in [3.05, 3.63) is 52.7 Å². The summed E-state index contributed by atoms with van der Waals surface area (Å²) in [6, 6.07) is 8.49. The molecular weight excluding hydrogens is 248 g/mol. The van der Waals surface area contributed by atoms with Gasteiger partial charge >= 0.3 is 0 Å². The van der Waals surface area contributed by atoms with Gasteiger partial charge in [0.05, 0.1) is 0 Å². The lowest BCUT2D eigenvalue weighted by atomic mass is 9.99. The number of hydrogen-bond donors (Lipinski definition) is 0. The molecule has 3 nitrogen and oxygen atoms in total. The van der Waals surface area contributed by atoms with Gasteiger partial charge < -0.3 is 4.90 Å². The van der Waals surface area contributed by atoms with Crippen molar-refractivity contribution in [1.29, 1.82) is 0 Å². The Morgan fingerprint density at radius 1 is 1.25 bits per heavy atom. The highest BCUT2D eigenvalue weighted by atomic mass is 16.1. The molecule has 0 radical (unpaired) electrons. The SMILES string of the molecule is Cc1ccc2c(c1)CCCN2c1ncc(C=O)cc1C. The highest BCUT2D eigenvalue weighted by Gasteiger charge is 2.20. The Hall–Kier alpha value is -2.16. The summed E-state index contributed by atoms with van der Waals surface area (Å²) in [6.45, 7) is 5.11. The van der Waals surface area contributed by atoms with Gasteiger partial charge in [-0.3, -0.25) is 4.79 Å². The molecular formula is C17H18N2O. The first-order chi connectivity index (χ1) is 9.69. The highest BCUT2D eigenvalue weighted by molar-refractivity contribution is 5.76. The van der Waals surface area contributed by atoms with Gasteiger partial charge in [-0.15, -0.1) is 0 Å². The van der Waals surface area contributed by atoms with Crippen molar-refractivity contribution < 1.29 is 4.79 Å². The number of aromatic nitrogens is 1. The van der Waals surface area contributed by atoms with Crippen molar-refractivity contribution in [2.45, 2.75) is 26.7 Å². The molecule has 1 aliphatic heterocycles. The maximum Gasteiger partial charge on any atom is 0.151 e. The number of fused-ring (bicyclic) bond motifs is 1. The van der Waals surface area contributed by atoms with E-state index in [9.17, 15) is 4.79 Å². The van der Waals surface area contributed by atoms with Gasteiger partial charge in [-0.2, -0.15) is 0 Å². The zero-order chi connectivity index (χ0) is 14.1. The van der Waals surface area contributed by atoms with E-state index in [4.69, 9.17) is 0 Å². The van der Waals surface area contributed by atoms with Crippen molar-refractivity contribution >= 4 is 17.8 Å². The van der Waals surface area contributed by atoms with Gasteiger partial charge in [0.1, 0.15) is 5.82 Å².